The molecule has 0 spiro atoms. The first-order chi connectivity index (χ1) is 15.5. The van der Waals surface area contributed by atoms with Gasteiger partial charge in [-0.2, -0.15) is 0 Å². The lowest BCUT2D eigenvalue weighted by Gasteiger charge is -2.14. The van der Waals surface area contributed by atoms with Crippen LogP contribution in [0.4, 0.5) is 4.39 Å². The molecular formula is C24H16BrFINO4. The highest BCUT2D eigenvalue weighted by Crippen LogP contribution is 2.36. The number of halogens is 3. The average molecular weight is 608 g/mol. The molecule has 4 rings (SSSR count). The molecule has 5 nitrogen and oxygen atoms in total. The van der Waals surface area contributed by atoms with Gasteiger partial charge in [0.1, 0.15) is 12.4 Å². The van der Waals surface area contributed by atoms with Crippen LogP contribution in [0.5, 0.6) is 11.5 Å². The number of aliphatic imine (C=N–C) groups is 1. The molecule has 0 amide bonds. The van der Waals surface area contributed by atoms with Gasteiger partial charge in [0.2, 0.25) is 5.90 Å². The van der Waals surface area contributed by atoms with Crippen LogP contribution in [0.15, 0.2) is 75.8 Å². The Kier molecular flexibility index (Phi) is 6.90. The molecule has 3 aromatic carbocycles. The standard InChI is InChI=1S/C24H16BrFINO4/c1-30-21-12-14(10-19(27)22(21)31-13-15-6-2-4-8-17(15)25)11-20-24(29)32-23(28-20)16-7-3-5-9-18(16)26/h2-12H,13H2,1H3. The highest BCUT2D eigenvalue weighted by atomic mass is 127. The Balaban J connectivity index is 1.61. The summed E-state index contributed by atoms with van der Waals surface area (Å²) in [6, 6.07) is 17.4. The monoisotopic (exact) mass is 607 g/mol. The molecule has 3 aromatic rings. The molecule has 0 bridgehead atoms. The number of hydrogen-bond donors (Lipinski definition) is 0. The zero-order valence-electron chi connectivity index (χ0n) is 16.8. The Morgan fingerprint density at radius 2 is 1.91 bits per heavy atom. The Labute approximate surface area is 206 Å². The molecule has 1 aliphatic heterocycles. The third kappa shape index (κ3) is 4.86. The number of benzene rings is 3. The summed E-state index contributed by atoms with van der Waals surface area (Å²) in [5.41, 5.74) is 1.88. The van der Waals surface area contributed by atoms with E-state index in [1.165, 1.54) is 12.1 Å². The number of carbonyl (C=O) groups excluding carboxylic acids is 1. The van der Waals surface area contributed by atoms with Crippen molar-refractivity contribution in [3.05, 3.63) is 96.9 Å². The molecular weight excluding hydrogens is 592 g/mol. The van der Waals surface area contributed by atoms with E-state index >= 15 is 0 Å². The van der Waals surface area contributed by atoms with Crippen LogP contribution in [0, 0.1) is 9.39 Å². The maximum Gasteiger partial charge on any atom is 0.363 e. The van der Waals surface area contributed by atoms with E-state index < -0.39 is 11.8 Å². The van der Waals surface area contributed by atoms with Crippen molar-refractivity contribution >= 4 is 56.5 Å². The number of nitrogens with zero attached hydrogens (tertiary/aromatic N) is 1. The Bertz CT molecular complexity index is 1260. The van der Waals surface area contributed by atoms with E-state index in [-0.39, 0.29) is 17.2 Å². The number of hydrogen-bond acceptors (Lipinski definition) is 5. The van der Waals surface area contributed by atoms with E-state index in [1.807, 2.05) is 30.3 Å². The maximum atomic E-state index is 14.0. The second-order valence-electron chi connectivity index (χ2n) is 6.73. The zero-order valence-corrected chi connectivity index (χ0v) is 20.5. The molecule has 0 aromatic heterocycles. The van der Waals surface area contributed by atoms with Gasteiger partial charge < -0.3 is 14.2 Å². The molecule has 0 fully saturated rings. The van der Waals surface area contributed by atoms with E-state index in [0.29, 0.717) is 23.7 Å². The van der Waals surface area contributed by atoms with Crippen LogP contribution in [0.1, 0.15) is 16.7 Å². The van der Waals surface area contributed by atoms with E-state index in [1.54, 1.807) is 31.4 Å². The Hall–Kier alpha value is -2.72. The largest absolute Gasteiger partial charge is 0.493 e. The van der Waals surface area contributed by atoms with Crippen LogP contribution in [0.2, 0.25) is 0 Å². The summed E-state index contributed by atoms with van der Waals surface area (Å²) >= 11 is 5.66. The lowest BCUT2D eigenvalue weighted by molar-refractivity contribution is -0.129. The van der Waals surface area contributed by atoms with Gasteiger partial charge in [-0.1, -0.05) is 46.3 Å². The van der Waals surface area contributed by atoms with Crippen molar-refractivity contribution in [1.82, 2.24) is 0 Å². The average Bonchev–Trinajstić information content (AvgIpc) is 3.14. The Morgan fingerprint density at radius 3 is 2.66 bits per heavy atom. The number of ether oxygens (including phenoxy) is 3. The zero-order chi connectivity index (χ0) is 22.7. The van der Waals surface area contributed by atoms with E-state index in [4.69, 9.17) is 14.2 Å². The van der Waals surface area contributed by atoms with Gasteiger partial charge in [-0.25, -0.2) is 14.2 Å². The third-order valence-corrected chi connectivity index (χ3v) is 6.18. The van der Waals surface area contributed by atoms with Crippen LogP contribution >= 0.6 is 38.5 Å². The molecule has 1 aliphatic rings. The second-order valence-corrected chi connectivity index (χ2v) is 8.75. The fourth-order valence-electron chi connectivity index (χ4n) is 3.05. The van der Waals surface area contributed by atoms with E-state index in [9.17, 15) is 9.18 Å². The highest BCUT2D eigenvalue weighted by molar-refractivity contribution is 14.1. The molecule has 162 valence electrons. The summed E-state index contributed by atoms with van der Waals surface area (Å²) in [6.45, 7) is 0.358. The summed E-state index contributed by atoms with van der Waals surface area (Å²) < 4.78 is 32.5. The van der Waals surface area contributed by atoms with Crippen molar-refractivity contribution in [3.63, 3.8) is 0 Å². The number of methoxy groups -OCH3 is 1. The fraction of sp³-hybridized carbons (Fsp3) is 0.0833. The summed E-state index contributed by atoms with van der Waals surface area (Å²) in [5.74, 6) is -0.111. The predicted molar refractivity (Wildman–Crippen MR) is 131 cm³/mol. The first-order valence-corrected chi connectivity index (χ1v) is 11.3. The minimum atomic E-state index is -0.647. The van der Waals surface area contributed by atoms with E-state index in [2.05, 4.69) is 43.5 Å². The van der Waals surface area contributed by atoms with Gasteiger partial charge in [0.15, 0.2) is 17.2 Å². The quantitative estimate of drug-likeness (QED) is 0.192. The second kappa shape index (κ2) is 9.83. The van der Waals surface area contributed by atoms with Gasteiger partial charge >= 0.3 is 5.97 Å². The molecule has 0 N–H and O–H groups in total. The smallest absolute Gasteiger partial charge is 0.363 e. The fourth-order valence-corrected chi connectivity index (χ4v) is 4.23. The van der Waals surface area contributed by atoms with Crippen molar-refractivity contribution in [2.24, 2.45) is 4.99 Å². The molecule has 0 saturated carbocycles. The van der Waals surface area contributed by atoms with E-state index in [0.717, 1.165) is 13.6 Å². The number of cyclic esters (lactones) is 1. The minimum Gasteiger partial charge on any atom is -0.493 e. The van der Waals surface area contributed by atoms with Gasteiger partial charge in [-0.15, -0.1) is 0 Å². The number of esters is 1. The first-order valence-electron chi connectivity index (χ1n) is 9.47. The van der Waals surface area contributed by atoms with Crippen LogP contribution in [-0.2, 0) is 16.1 Å². The van der Waals surface area contributed by atoms with Crippen molar-refractivity contribution in [3.8, 4) is 11.5 Å². The highest BCUT2D eigenvalue weighted by Gasteiger charge is 2.26. The van der Waals surface area contributed by atoms with Gasteiger partial charge in [0.25, 0.3) is 0 Å². The van der Waals surface area contributed by atoms with Gasteiger partial charge in [0.05, 0.1) is 16.2 Å². The molecule has 0 atom stereocenters. The molecule has 1 heterocycles. The molecule has 0 unspecified atom stereocenters. The van der Waals surface area contributed by atoms with Gasteiger partial charge in [0, 0.05) is 10.0 Å². The summed E-state index contributed by atoms with van der Waals surface area (Å²) in [5, 5.41) is 0. The van der Waals surface area contributed by atoms with Crippen LogP contribution in [-0.4, -0.2) is 19.0 Å². The Morgan fingerprint density at radius 1 is 1.16 bits per heavy atom. The number of carbonyl (C=O) groups is 1. The molecule has 0 radical (unpaired) electrons. The first kappa shape index (κ1) is 22.5. The van der Waals surface area contributed by atoms with Crippen molar-refractivity contribution < 1.29 is 23.4 Å². The van der Waals surface area contributed by atoms with Crippen LogP contribution in [0.3, 0.4) is 0 Å². The van der Waals surface area contributed by atoms with Crippen LogP contribution < -0.4 is 9.47 Å². The molecule has 8 heteroatoms. The maximum absolute atomic E-state index is 14.0. The lowest BCUT2D eigenvalue weighted by atomic mass is 10.1. The summed E-state index contributed by atoms with van der Waals surface area (Å²) in [4.78, 5) is 16.5. The lowest BCUT2D eigenvalue weighted by Crippen LogP contribution is -2.07. The van der Waals surface area contributed by atoms with Crippen molar-refractivity contribution in [2.45, 2.75) is 6.61 Å². The SMILES string of the molecule is COc1cc(C=C2N=C(c3ccccc3F)OC2=O)cc(I)c1OCc1ccccc1Br. The molecule has 32 heavy (non-hydrogen) atoms. The van der Waals surface area contributed by atoms with Crippen molar-refractivity contribution in [2.75, 3.05) is 7.11 Å². The molecule has 0 saturated heterocycles. The normalized spacial score (nSPS) is 14.3. The van der Waals surface area contributed by atoms with Gasteiger partial charge in [-0.3, -0.25) is 0 Å². The summed E-state index contributed by atoms with van der Waals surface area (Å²) in [6.07, 6.45) is 1.57. The van der Waals surface area contributed by atoms with Gasteiger partial charge in [-0.05, 0) is 64.6 Å². The third-order valence-electron chi connectivity index (χ3n) is 4.61. The van der Waals surface area contributed by atoms with Crippen molar-refractivity contribution in [1.29, 1.82) is 0 Å². The minimum absolute atomic E-state index is 0.0607. The molecule has 0 aliphatic carbocycles. The number of rotatable bonds is 6. The topological polar surface area (TPSA) is 57.1 Å². The summed E-state index contributed by atoms with van der Waals surface area (Å²) in [7, 11) is 1.55. The predicted octanol–water partition coefficient (Wildman–Crippen LogP) is 6.12. The van der Waals surface area contributed by atoms with Crippen LogP contribution in [0.25, 0.3) is 6.08 Å².